The summed E-state index contributed by atoms with van der Waals surface area (Å²) in [6.07, 6.45) is -3.54. The Morgan fingerprint density at radius 2 is 1.66 bits per heavy atom. The number of anilines is 2. The minimum atomic E-state index is -4.50. The Morgan fingerprint density at radius 3 is 2.43 bits per heavy atom. The van der Waals surface area contributed by atoms with E-state index < -0.39 is 17.6 Å². The second kappa shape index (κ2) is 10.9. The minimum absolute atomic E-state index is 0.0323. The van der Waals surface area contributed by atoms with Gasteiger partial charge in [-0.05, 0) is 55.0 Å². The van der Waals surface area contributed by atoms with Crippen LogP contribution in [0.15, 0.2) is 77.1 Å². The summed E-state index contributed by atoms with van der Waals surface area (Å²) in [6.45, 7) is 0. The molecule has 0 saturated carbocycles. The van der Waals surface area contributed by atoms with E-state index in [2.05, 4.69) is 15.6 Å². The predicted molar refractivity (Wildman–Crippen MR) is 134 cm³/mol. The number of carbonyl (C=O) groups excluding carboxylic acids is 2. The average molecular weight is 516 g/mol. The number of carbonyl (C=O) groups is 2. The number of nitrogens with zero attached hydrogens (tertiary/aromatic N) is 1. The van der Waals surface area contributed by atoms with Gasteiger partial charge in [0.15, 0.2) is 4.34 Å². The molecule has 0 unspecified atom stereocenters. The highest BCUT2D eigenvalue weighted by Gasteiger charge is 2.30. The topological polar surface area (TPSA) is 71.1 Å². The van der Waals surface area contributed by atoms with E-state index in [-0.39, 0.29) is 17.2 Å². The van der Waals surface area contributed by atoms with Crippen LogP contribution in [0.5, 0.6) is 0 Å². The van der Waals surface area contributed by atoms with Gasteiger partial charge in [-0.15, -0.1) is 11.3 Å². The summed E-state index contributed by atoms with van der Waals surface area (Å²) < 4.78 is 40.8. The molecule has 0 radical (unpaired) electrons. The van der Waals surface area contributed by atoms with Crippen LogP contribution in [-0.4, -0.2) is 22.6 Å². The van der Waals surface area contributed by atoms with E-state index in [1.54, 1.807) is 35.2 Å². The van der Waals surface area contributed by atoms with E-state index in [0.29, 0.717) is 18.5 Å². The summed E-state index contributed by atoms with van der Waals surface area (Å²) in [7, 11) is 0. The third-order valence-corrected chi connectivity index (χ3v) is 7.17. The number of rotatable bonds is 8. The number of nitrogens with one attached hydrogen (secondary N) is 2. The smallest absolute Gasteiger partial charge is 0.326 e. The Morgan fingerprint density at radius 1 is 0.914 bits per heavy atom. The highest BCUT2D eigenvalue weighted by atomic mass is 32.2. The highest BCUT2D eigenvalue weighted by Crippen LogP contribution is 2.31. The first-order valence-corrected chi connectivity index (χ1v) is 12.4. The van der Waals surface area contributed by atoms with Crippen LogP contribution in [0.3, 0.4) is 0 Å². The molecule has 0 aliphatic carbocycles. The van der Waals surface area contributed by atoms with Crippen molar-refractivity contribution in [1.29, 1.82) is 0 Å². The normalized spacial score (nSPS) is 11.4. The fraction of sp³-hybridized carbons (Fsp3) is 0.160. The fourth-order valence-electron chi connectivity index (χ4n) is 3.24. The molecule has 180 valence electrons. The Bertz CT molecular complexity index is 1320. The van der Waals surface area contributed by atoms with Crippen LogP contribution in [-0.2, 0) is 11.0 Å². The molecule has 35 heavy (non-hydrogen) atoms. The van der Waals surface area contributed by atoms with Gasteiger partial charge in [-0.1, -0.05) is 36.0 Å². The first-order valence-electron chi connectivity index (χ1n) is 10.6. The van der Waals surface area contributed by atoms with Crippen LogP contribution in [0.4, 0.5) is 24.5 Å². The number of fused-ring (bicyclic) bond motifs is 1. The van der Waals surface area contributed by atoms with Crippen LogP contribution in [0.1, 0.15) is 28.8 Å². The number of alkyl halides is 3. The number of halogens is 3. The maximum atomic E-state index is 12.9. The van der Waals surface area contributed by atoms with Crippen molar-refractivity contribution in [2.45, 2.75) is 23.4 Å². The van der Waals surface area contributed by atoms with Gasteiger partial charge in [0.25, 0.3) is 5.91 Å². The lowest BCUT2D eigenvalue weighted by atomic mass is 10.1. The molecular formula is C25H20F3N3O2S2. The quantitative estimate of drug-likeness (QED) is 0.194. The van der Waals surface area contributed by atoms with Crippen molar-refractivity contribution in [3.63, 3.8) is 0 Å². The van der Waals surface area contributed by atoms with Crippen molar-refractivity contribution in [2.24, 2.45) is 0 Å². The van der Waals surface area contributed by atoms with Gasteiger partial charge in [0.05, 0.1) is 15.8 Å². The number of hydrogen-bond donors (Lipinski definition) is 2. The molecule has 0 atom stereocenters. The largest absolute Gasteiger partial charge is 0.416 e. The van der Waals surface area contributed by atoms with Gasteiger partial charge >= 0.3 is 6.18 Å². The SMILES string of the molecule is O=C(CCCSc1nc2ccccc2s1)Nc1cccc(C(=O)Nc2cccc(C(F)(F)F)c2)c1. The number of thiazole rings is 1. The van der Waals surface area contributed by atoms with Crippen LogP contribution in [0.2, 0.25) is 0 Å². The Labute approximate surface area is 207 Å². The average Bonchev–Trinajstić information content (AvgIpc) is 3.24. The molecule has 2 amide bonds. The summed E-state index contributed by atoms with van der Waals surface area (Å²) in [6, 6.07) is 18.6. The third kappa shape index (κ3) is 6.83. The molecule has 0 fully saturated rings. The van der Waals surface area contributed by atoms with E-state index in [9.17, 15) is 22.8 Å². The summed E-state index contributed by atoms with van der Waals surface area (Å²) in [5, 5.41) is 5.22. The molecule has 0 saturated heterocycles. The summed E-state index contributed by atoms with van der Waals surface area (Å²) >= 11 is 3.23. The number of amides is 2. The van der Waals surface area contributed by atoms with E-state index in [0.717, 1.165) is 32.4 Å². The first kappa shape index (κ1) is 24.7. The van der Waals surface area contributed by atoms with Gasteiger partial charge in [0.2, 0.25) is 5.91 Å². The van der Waals surface area contributed by atoms with Crippen molar-refractivity contribution in [2.75, 3.05) is 16.4 Å². The molecule has 0 spiro atoms. The van der Waals surface area contributed by atoms with Crippen molar-refractivity contribution in [1.82, 2.24) is 4.98 Å². The molecule has 0 bridgehead atoms. The Hall–Kier alpha value is -3.37. The predicted octanol–water partition coefficient (Wildman–Crippen LogP) is 7.08. The van der Waals surface area contributed by atoms with E-state index in [1.165, 1.54) is 24.3 Å². The van der Waals surface area contributed by atoms with Crippen molar-refractivity contribution >= 4 is 56.5 Å². The molecular weight excluding hydrogens is 495 g/mol. The molecule has 1 heterocycles. The molecule has 2 N–H and O–H groups in total. The Kier molecular flexibility index (Phi) is 7.72. The zero-order chi connectivity index (χ0) is 24.8. The minimum Gasteiger partial charge on any atom is -0.326 e. The summed E-state index contributed by atoms with van der Waals surface area (Å²) in [4.78, 5) is 29.4. The number of aromatic nitrogens is 1. The molecule has 0 aliphatic heterocycles. The van der Waals surface area contributed by atoms with Gasteiger partial charge < -0.3 is 10.6 Å². The van der Waals surface area contributed by atoms with Gasteiger partial charge in [-0.25, -0.2) is 4.98 Å². The molecule has 0 aliphatic rings. The second-order valence-corrected chi connectivity index (χ2v) is 9.93. The first-order chi connectivity index (χ1) is 16.8. The van der Waals surface area contributed by atoms with Gasteiger partial charge in [-0.3, -0.25) is 9.59 Å². The molecule has 5 nitrogen and oxygen atoms in total. The summed E-state index contributed by atoms with van der Waals surface area (Å²) in [5.41, 5.74) is 0.800. The number of benzene rings is 3. The molecule has 4 rings (SSSR count). The zero-order valence-corrected chi connectivity index (χ0v) is 19.9. The molecule has 3 aromatic carbocycles. The van der Waals surface area contributed by atoms with Crippen LogP contribution in [0.25, 0.3) is 10.2 Å². The monoisotopic (exact) mass is 515 g/mol. The van der Waals surface area contributed by atoms with Crippen LogP contribution < -0.4 is 10.6 Å². The van der Waals surface area contributed by atoms with Gasteiger partial charge in [0.1, 0.15) is 0 Å². The lowest BCUT2D eigenvalue weighted by Gasteiger charge is -2.11. The van der Waals surface area contributed by atoms with Crippen LogP contribution in [0, 0.1) is 0 Å². The lowest BCUT2D eigenvalue weighted by molar-refractivity contribution is -0.137. The third-order valence-electron chi connectivity index (χ3n) is 4.90. The van der Waals surface area contributed by atoms with Crippen molar-refractivity contribution < 1.29 is 22.8 Å². The standard InChI is InChI=1S/C25H20F3N3O2S2/c26-25(27,28)17-7-4-9-19(15-17)30-23(33)16-6-3-8-18(14-16)29-22(32)12-5-13-34-24-31-20-10-1-2-11-21(20)35-24/h1-4,6-11,14-15H,5,12-13H2,(H,29,32)(H,30,33). The van der Waals surface area contributed by atoms with E-state index in [1.807, 2.05) is 24.3 Å². The van der Waals surface area contributed by atoms with E-state index >= 15 is 0 Å². The van der Waals surface area contributed by atoms with Crippen molar-refractivity contribution in [3.05, 3.63) is 83.9 Å². The number of para-hydroxylation sites is 1. The maximum Gasteiger partial charge on any atom is 0.416 e. The molecule has 4 aromatic rings. The van der Waals surface area contributed by atoms with Gasteiger partial charge in [-0.2, -0.15) is 13.2 Å². The number of thioether (sulfide) groups is 1. The van der Waals surface area contributed by atoms with E-state index in [4.69, 9.17) is 0 Å². The number of hydrogen-bond acceptors (Lipinski definition) is 5. The molecule has 1 aromatic heterocycles. The fourth-order valence-corrected chi connectivity index (χ4v) is 5.32. The highest BCUT2D eigenvalue weighted by molar-refractivity contribution is 8.01. The maximum absolute atomic E-state index is 12.9. The van der Waals surface area contributed by atoms with Gasteiger partial charge in [0, 0.05) is 29.1 Å². The Balaban J connectivity index is 1.27. The molecule has 10 heteroatoms. The van der Waals surface area contributed by atoms with Crippen LogP contribution >= 0.6 is 23.1 Å². The zero-order valence-electron chi connectivity index (χ0n) is 18.3. The summed E-state index contributed by atoms with van der Waals surface area (Å²) in [5.74, 6) is -0.0230. The lowest BCUT2D eigenvalue weighted by Crippen LogP contribution is -2.15. The van der Waals surface area contributed by atoms with Crippen molar-refractivity contribution in [3.8, 4) is 0 Å². The second-order valence-electron chi connectivity index (χ2n) is 7.56.